The molecule has 2 aromatic heterocycles. The highest BCUT2D eigenvalue weighted by Crippen LogP contribution is 2.24. The Morgan fingerprint density at radius 1 is 1.32 bits per heavy atom. The molecule has 0 aliphatic rings. The summed E-state index contributed by atoms with van der Waals surface area (Å²) in [5, 5.41) is 18.7. The van der Waals surface area contributed by atoms with E-state index in [1.807, 2.05) is 30.3 Å². The molecular formula is C18H22N4O2S. The van der Waals surface area contributed by atoms with E-state index < -0.39 is 5.60 Å². The normalized spacial score (nSPS) is 13.7. The molecule has 0 saturated heterocycles. The maximum Gasteiger partial charge on any atom is 0.275 e. The van der Waals surface area contributed by atoms with Crippen LogP contribution in [0.5, 0.6) is 0 Å². The molecule has 3 rings (SSSR count). The number of aromatic nitrogens is 3. The van der Waals surface area contributed by atoms with Crippen molar-refractivity contribution >= 4 is 21.4 Å². The lowest BCUT2D eigenvalue weighted by molar-refractivity contribution is 0.0515. The SMILES string of the molecule is CCCc1cc(=O)n2nc(NCCC(C)(O)c3ccccc3)sc2n1. The Bertz CT molecular complexity index is 902. The van der Waals surface area contributed by atoms with E-state index in [2.05, 4.69) is 22.3 Å². The first-order valence-electron chi connectivity index (χ1n) is 8.41. The molecule has 1 unspecified atom stereocenters. The van der Waals surface area contributed by atoms with Gasteiger partial charge < -0.3 is 10.4 Å². The van der Waals surface area contributed by atoms with E-state index in [1.54, 1.807) is 13.0 Å². The molecule has 0 aliphatic heterocycles. The van der Waals surface area contributed by atoms with Crippen molar-refractivity contribution in [3.8, 4) is 0 Å². The molecule has 0 aliphatic carbocycles. The number of fused-ring (bicyclic) bond motifs is 1. The van der Waals surface area contributed by atoms with Crippen LogP contribution in [0.4, 0.5) is 5.13 Å². The minimum absolute atomic E-state index is 0.158. The maximum atomic E-state index is 12.1. The zero-order valence-electron chi connectivity index (χ0n) is 14.4. The first-order chi connectivity index (χ1) is 12.0. The average Bonchev–Trinajstić information content (AvgIpc) is 2.99. The van der Waals surface area contributed by atoms with E-state index in [-0.39, 0.29) is 5.56 Å². The number of hydrogen-bond acceptors (Lipinski definition) is 6. The van der Waals surface area contributed by atoms with E-state index in [0.717, 1.165) is 24.1 Å². The molecular weight excluding hydrogens is 336 g/mol. The van der Waals surface area contributed by atoms with Gasteiger partial charge in [0.1, 0.15) is 0 Å². The van der Waals surface area contributed by atoms with Gasteiger partial charge in [-0.1, -0.05) is 55.0 Å². The Morgan fingerprint density at radius 3 is 2.80 bits per heavy atom. The van der Waals surface area contributed by atoms with Gasteiger partial charge >= 0.3 is 0 Å². The summed E-state index contributed by atoms with van der Waals surface area (Å²) in [7, 11) is 0. The summed E-state index contributed by atoms with van der Waals surface area (Å²) in [4.78, 5) is 17.2. The largest absolute Gasteiger partial charge is 0.385 e. The van der Waals surface area contributed by atoms with E-state index in [1.165, 1.54) is 15.9 Å². The highest BCUT2D eigenvalue weighted by Gasteiger charge is 2.22. The van der Waals surface area contributed by atoms with E-state index in [9.17, 15) is 9.90 Å². The Hall–Kier alpha value is -2.25. The molecule has 6 nitrogen and oxygen atoms in total. The zero-order chi connectivity index (χ0) is 17.9. The minimum Gasteiger partial charge on any atom is -0.385 e. The second-order valence-corrected chi connectivity index (χ2v) is 7.21. The molecule has 1 aromatic carbocycles. The van der Waals surface area contributed by atoms with Crippen LogP contribution < -0.4 is 10.9 Å². The standard InChI is InChI=1S/C18H22N4O2S/c1-3-7-14-12-15(23)22-17(20-14)25-16(21-22)19-11-10-18(2,24)13-8-5-4-6-9-13/h4-6,8-9,12,24H,3,7,10-11H2,1-2H3,(H,19,21). The second-order valence-electron chi connectivity index (χ2n) is 6.25. The lowest BCUT2D eigenvalue weighted by atomic mass is 9.93. The van der Waals surface area contributed by atoms with Crippen LogP contribution in [-0.4, -0.2) is 26.2 Å². The van der Waals surface area contributed by atoms with Crippen LogP contribution in [0.15, 0.2) is 41.2 Å². The zero-order valence-corrected chi connectivity index (χ0v) is 15.2. The molecule has 0 spiro atoms. The van der Waals surface area contributed by atoms with E-state index >= 15 is 0 Å². The topological polar surface area (TPSA) is 79.5 Å². The molecule has 25 heavy (non-hydrogen) atoms. The molecule has 2 N–H and O–H groups in total. The molecule has 132 valence electrons. The number of aliphatic hydroxyl groups is 1. The fourth-order valence-electron chi connectivity index (χ4n) is 2.67. The van der Waals surface area contributed by atoms with Crippen LogP contribution in [0.2, 0.25) is 0 Å². The molecule has 7 heteroatoms. The smallest absolute Gasteiger partial charge is 0.275 e. The van der Waals surface area contributed by atoms with Crippen molar-refractivity contribution in [3.63, 3.8) is 0 Å². The lowest BCUT2D eigenvalue weighted by Crippen LogP contribution is -2.24. The summed E-state index contributed by atoms with van der Waals surface area (Å²) in [6.07, 6.45) is 2.25. The minimum atomic E-state index is -0.922. The van der Waals surface area contributed by atoms with Gasteiger partial charge in [-0.25, -0.2) is 4.98 Å². The van der Waals surface area contributed by atoms with Gasteiger partial charge in [0.05, 0.1) is 5.60 Å². The summed E-state index contributed by atoms with van der Waals surface area (Å²) in [5.41, 5.74) is 0.598. The van der Waals surface area contributed by atoms with Crippen molar-refractivity contribution in [3.05, 3.63) is 58.0 Å². The molecule has 2 heterocycles. The predicted octanol–water partition coefficient (Wildman–Crippen LogP) is 2.81. The molecule has 0 bridgehead atoms. The first-order valence-corrected chi connectivity index (χ1v) is 9.23. The van der Waals surface area contributed by atoms with Gasteiger partial charge in [0.2, 0.25) is 10.1 Å². The third-order valence-corrected chi connectivity index (χ3v) is 4.95. The third kappa shape index (κ3) is 4.05. The predicted molar refractivity (Wildman–Crippen MR) is 100 cm³/mol. The van der Waals surface area contributed by atoms with E-state index in [0.29, 0.717) is 23.1 Å². The van der Waals surface area contributed by atoms with Crippen molar-refractivity contribution < 1.29 is 5.11 Å². The van der Waals surface area contributed by atoms with Crippen molar-refractivity contribution in [2.75, 3.05) is 11.9 Å². The summed E-state index contributed by atoms with van der Waals surface area (Å²) >= 11 is 1.35. The van der Waals surface area contributed by atoms with E-state index in [4.69, 9.17) is 0 Å². The summed E-state index contributed by atoms with van der Waals surface area (Å²) in [6, 6.07) is 11.1. The van der Waals surface area contributed by atoms with Gasteiger partial charge in [0.15, 0.2) is 0 Å². The number of nitrogens with zero attached hydrogens (tertiary/aromatic N) is 3. The van der Waals surface area contributed by atoms with Crippen LogP contribution in [0.25, 0.3) is 4.96 Å². The monoisotopic (exact) mass is 358 g/mol. The number of anilines is 1. The van der Waals surface area contributed by atoms with Gasteiger partial charge in [0, 0.05) is 18.3 Å². The summed E-state index contributed by atoms with van der Waals surface area (Å²) < 4.78 is 1.32. The Labute approximate surface area is 150 Å². The number of hydrogen-bond donors (Lipinski definition) is 2. The van der Waals surface area contributed by atoms with Crippen LogP contribution in [0, 0.1) is 0 Å². The summed E-state index contributed by atoms with van der Waals surface area (Å²) in [6.45, 7) is 4.39. The van der Waals surface area contributed by atoms with Gasteiger partial charge in [-0.05, 0) is 25.3 Å². The first kappa shape index (κ1) is 17.6. The fourth-order valence-corrected chi connectivity index (χ4v) is 3.52. The second kappa shape index (κ2) is 7.33. The quantitative estimate of drug-likeness (QED) is 0.679. The molecule has 0 radical (unpaired) electrons. The molecule has 1 atom stereocenters. The van der Waals surface area contributed by atoms with Crippen LogP contribution >= 0.6 is 11.3 Å². The fraction of sp³-hybridized carbons (Fsp3) is 0.389. The number of rotatable bonds is 7. The van der Waals surface area contributed by atoms with Crippen LogP contribution in [-0.2, 0) is 12.0 Å². The van der Waals surface area contributed by atoms with Gasteiger partial charge in [-0.3, -0.25) is 4.79 Å². The van der Waals surface area contributed by atoms with Gasteiger partial charge in [-0.2, -0.15) is 4.52 Å². The van der Waals surface area contributed by atoms with Crippen LogP contribution in [0.3, 0.4) is 0 Å². The molecule has 0 fully saturated rings. The average molecular weight is 358 g/mol. The lowest BCUT2D eigenvalue weighted by Gasteiger charge is -2.23. The van der Waals surface area contributed by atoms with Gasteiger partial charge in [0.25, 0.3) is 5.56 Å². The van der Waals surface area contributed by atoms with Crippen molar-refractivity contribution in [2.24, 2.45) is 0 Å². The highest BCUT2D eigenvalue weighted by molar-refractivity contribution is 7.20. The molecule has 0 amide bonds. The van der Waals surface area contributed by atoms with Crippen LogP contribution in [0.1, 0.15) is 37.9 Å². The Kier molecular flexibility index (Phi) is 5.15. The number of benzene rings is 1. The van der Waals surface area contributed by atoms with Crippen molar-refractivity contribution in [1.29, 1.82) is 0 Å². The van der Waals surface area contributed by atoms with Gasteiger partial charge in [-0.15, -0.1) is 5.10 Å². The highest BCUT2D eigenvalue weighted by atomic mass is 32.1. The number of aryl methyl sites for hydroxylation is 1. The summed E-state index contributed by atoms with van der Waals surface area (Å²) in [5.74, 6) is 0. The number of nitrogens with one attached hydrogen (secondary N) is 1. The maximum absolute atomic E-state index is 12.1. The van der Waals surface area contributed by atoms with Crippen molar-refractivity contribution in [1.82, 2.24) is 14.6 Å². The third-order valence-electron chi connectivity index (χ3n) is 4.09. The Morgan fingerprint density at radius 2 is 2.08 bits per heavy atom. The Balaban J connectivity index is 1.69. The van der Waals surface area contributed by atoms with Crippen molar-refractivity contribution in [2.45, 2.75) is 38.7 Å². The molecule has 0 saturated carbocycles. The molecule has 3 aromatic rings.